The van der Waals surface area contributed by atoms with Crippen molar-refractivity contribution in [3.63, 3.8) is 0 Å². The maximum absolute atomic E-state index is 12.0. The van der Waals surface area contributed by atoms with Gasteiger partial charge >= 0.3 is 11.9 Å². The van der Waals surface area contributed by atoms with Gasteiger partial charge in [-0.1, -0.05) is 18.5 Å². The summed E-state index contributed by atoms with van der Waals surface area (Å²) in [7, 11) is 1.36. The first-order valence-corrected chi connectivity index (χ1v) is 6.89. The third kappa shape index (κ3) is 4.05. The SMILES string of the molecule is CCC(C)OC(=O)C(C(=O)O)c1cnn(COC)c(=O)c1Cl. The maximum atomic E-state index is 12.0. The normalized spacial score (nSPS) is 13.5. The van der Waals surface area contributed by atoms with Crippen LogP contribution in [0.5, 0.6) is 0 Å². The lowest BCUT2D eigenvalue weighted by Gasteiger charge is -2.17. The molecule has 2 atom stereocenters. The Kier molecular flexibility index (Phi) is 6.51. The van der Waals surface area contributed by atoms with Crippen LogP contribution in [0.3, 0.4) is 0 Å². The highest BCUT2D eigenvalue weighted by Crippen LogP contribution is 2.23. The molecule has 122 valence electrons. The predicted octanol–water partition coefficient (Wildman–Crippen LogP) is 1.01. The van der Waals surface area contributed by atoms with E-state index < -0.39 is 34.5 Å². The van der Waals surface area contributed by atoms with Gasteiger partial charge in [-0.2, -0.15) is 5.10 Å². The zero-order chi connectivity index (χ0) is 16.9. The first-order valence-electron chi connectivity index (χ1n) is 6.51. The second kappa shape index (κ2) is 7.90. The van der Waals surface area contributed by atoms with Crippen molar-refractivity contribution in [2.75, 3.05) is 7.11 Å². The summed E-state index contributed by atoms with van der Waals surface area (Å²) in [5.41, 5.74) is -0.955. The first-order chi connectivity index (χ1) is 10.3. The van der Waals surface area contributed by atoms with Crippen LogP contribution < -0.4 is 5.56 Å². The molecule has 0 radical (unpaired) electrons. The average molecular weight is 333 g/mol. The van der Waals surface area contributed by atoms with Crippen LogP contribution in [0.25, 0.3) is 0 Å². The Morgan fingerprint density at radius 1 is 1.50 bits per heavy atom. The van der Waals surface area contributed by atoms with E-state index in [1.54, 1.807) is 13.8 Å². The van der Waals surface area contributed by atoms with E-state index in [9.17, 15) is 19.5 Å². The Balaban J connectivity index is 3.23. The molecule has 1 aromatic rings. The van der Waals surface area contributed by atoms with Crippen LogP contribution in [-0.4, -0.2) is 40.0 Å². The molecule has 0 aliphatic rings. The van der Waals surface area contributed by atoms with Gasteiger partial charge < -0.3 is 14.6 Å². The monoisotopic (exact) mass is 332 g/mol. The van der Waals surface area contributed by atoms with Gasteiger partial charge in [0.2, 0.25) is 0 Å². The average Bonchev–Trinajstić information content (AvgIpc) is 2.46. The molecule has 8 nitrogen and oxygen atoms in total. The molecule has 0 aliphatic heterocycles. The van der Waals surface area contributed by atoms with Crippen molar-refractivity contribution in [3.8, 4) is 0 Å². The molecule has 0 spiro atoms. The lowest BCUT2D eigenvalue weighted by atomic mass is 10.0. The number of rotatable bonds is 7. The third-order valence-corrected chi connectivity index (χ3v) is 3.33. The number of esters is 1. The fourth-order valence-electron chi connectivity index (χ4n) is 1.60. The molecule has 9 heteroatoms. The zero-order valence-electron chi connectivity index (χ0n) is 12.4. The van der Waals surface area contributed by atoms with Gasteiger partial charge in [-0.25, -0.2) is 4.68 Å². The summed E-state index contributed by atoms with van der Waals surface area (Å²) in [4.78, 5) is 35.3. The molecule has 22 heavy (non-hydrogen) atoms. The van der Waals surface area contributed by atoms with E-state index in [1.807, 2.05) is 0 Å². The van der Waals surface area contributed by atoms with Gasteiger partial charge in [0.1, 0.15) is 11.8 Å². The maximum Gasteiger partial charge on any atom is 0.325 e. The van der Waals surface area contributed by atoms with Crippen molar-refractivity contribution in [1.82, 2.24) is 9.78 Å². The molecule has 1 aromatic heterocycles. The molecule has 0 aliphatic carbocycles. The Hall–Kier alpha value is -1.93. The second-order valence-corrected chi connectivity index (χ2v) is 4.94. The fraction of sp³-hybridized carbons (Fsp3) is 0.538. The van der Waals surface area contributed by atoms with Crippen LogP contribution in [0.1, 0.15) is 31.7 Å². The van der Waals surface area contributed by atoms with E-state index in [0.717, 1.165) is 10.9 Å². The van der Waals surface area contributed by atoms with Crippen molar-refractivity contribution in [1.29, 1.82) is 0 Å². The lowest BCUT2D eigenvalue weighted by Crippen LogP contribution is -2.31. The third-order valence-electron chi connectivity index (χ3n) is 2.95. The van der Waals surface area contributed by atoms with Crippen molar-refractivity contribution in [2.24, 2.45) is 0 Å². The molecular weight excluding hydrogens is 316 g/mol. The van der Waals surface area contributed by atoms with Crippen molar-refractivity contribution >= 4 is 23.5 Å². The van der Waals surface area contributed by atoms with Crippen molar-refractivity contribution in [2.45, 2.75) is 39.0 Å². The smallest absolute Gasteiger partial charge is 0.325 e. The number of carboxylic acid groups (broad SMARTS) is 1. The molecule has 1 rings (SSSR count). The Morgan fingerprint density at radius 2 is 2.14 bits per heavy atom. The van der Waals surface area contributed by atoms with Gasteiger partial charge in [-0.3, -0.25) is 14.4 Å². The predicted molar refractivity (Wildman–Crippen MR) is 76.7 cm³/mol. The Labute approximate surface area is 131 Å². The topological polar surface area (TPSA) is 108 Å². The van der Waals surface area contributed by atoms with Crippen LogP contribution >= 0.6 is 11.6 Å². The summed E-state index contributed by atoms with van der Waals surface area (Å²) >= 11 is 5.89. The molecule has 0 saturated carbocycles. The van der Waals surface area contributed by atoms with E-state index in [4.69, 9.17) is 21.1 Å². The number of hydrogen-bond donors (Lipinski definition) is 1. The molecule has 0 fully saturated rings. The number of carboxylic acids is 1. The van der Waals surface area contributed by atoms with Crippen LogP contribution in [-0.2, 0) is 25.8 Å². The van der Waals surface area contributed by atoms with Gasteiger partial charge in [0.05, 0.1) is 12.3 Å². The summed E-state index contributed by atoms with van der Waals surface area (Å²) < 4.78 is 10.7. The van der Waals surface area contributed by atoms with Crippen LogP contribution in [0.15, 0.2) is 11.0 Å². The largest absolute Gasteiger partial charge is 0.480 e. The van der Waals surface area contributed by atoms with Crippen LogP contribution in [0, 0.1) is 0 Å². The molecule has 1 heterocycles. The Bertz CT molecular complexity index is 615. The van der Waals surface area contributed by atoms with Crippen molar-refractivity contribution in [3.05, 3.63) is 27.1 Å². The van der Waals surface area contributed by atoms with Gasteiger partial charge in [-0.15, -0.1) is 0 Å². The molecule has 0 bridgehead atoms. The minimum Gasteiger partial charge on any atom is -0.480 e. The van der Waals surface area contributed by atoms with Gasteiger partial charge in [-0.05, 0) is 13.3 Å². The van der Waals surface area contributed by atoms with Gasteiger partial charge in [0.15, 0.2) is 5.92 Å². The van der Waals surface area contributed by atoms with E-state index in [2.05, 4.69) is 5.10 Å². The summed E-state index contributed by atoms with van der Waals surface area (Å²) in [5, 5.41) is 12.6. The minimum absolute atomic E-state index is 0.145. The molecule has 0 aromatic carbocycles. The highest BCUT2D eigenvalue weighted by molar-refractivity contribution is 6.31. The van der Waals surface area contributed by atoms with E-state index in [1.165, 1.54) is 7.11 Å². The number of methoxy groups -OCH3 is 1. The van der Waals surface area contributed by atoms with Crippen LogP contribution in [0.4, 0.5) is 0 Å². The molecule has 0 saturated heterocycles. The molecule has 1 N–H and O–H groups in total. The van der Waals surface area contributed by atoms with Crippen molar-refractivity contribution < 1.29 is 24.2 Å². The fourth-order valence-corrected chi connectivity index (χ4v) is 1.86. The zero-order valence-corrected chi connectivity index (χ0v) is 13.2. The number of carbonyl (C=O) groups excluding carboxylic acids is 1. The number of ether oxygens (including phenoxy) is 2. The number of nitrogens with zero attached hydrogens (tertiary/aromatic N) is 2. The van der Waals surface area contributed by atoms with Crippen LogP contribution in [0.2, 0.25) is 5.02 Å². The summed E-state index contributed by atoms with van der Waals surface area (Å²) in [6, 6.07) is 0. The summed E-state index contributed by atoms with van der Waals surface area (Å²) in [5.74, 6) is -4.17. The molecule has 0 amide bonds. The standard InChI is InChI=1S/C13H17ClN2O6/c1-4-7(2)22-13(20)9(12(18)19)8-5-15-16(6-21-3)11(17)10(8)14/h5,7,9H,4,6H2,1-3H3,(H,18,19). The highest BCUT2D eigenvalue weighted by atomic mass is 35.5. The number of hydrogen-bond acceptors (Lipinski definition) is 6. The van der Waals surface area contributed by atoms with Gasteiger partial charge in [0, 0.05) is 12.7 Å². The number of carbonyl (C=O) groups is 2. The Morgan fingerprint density at radius 3 is 2.64 bits per heavy atom. The number of halogens is 1. The van der Waals surface area contributed by atoms with E-state index in [0.29, 0.717) is 6.42 Å². The molecule has 2 unspecified atom stereocenters. The lowest BCUT2D eigenvalue weighted by molar-refractivity contribution is -0.157. The number of aliphatic carboxylic acids is 1. The quantitative estimate of drug-likeness (QED) is 0.586. The highest BCUT2D eigenvalue weighted by Gasteiger charge is 2.34. The number of aromatic nitrogens is 2. The summed E-state index contributed by atoms with van der Waals surface area (Å²) in [6.45, 7) is 3.27. The second-order valence-electron chi connectivity index (χ2n) is 4.56. The van der Waals surface area contributed by atoms with E-state index >= 15 is 0 Å². The first kappa shape index (κ1) is 18.1. The molecular formula is C13H17ClN2O6. The van der Waals surface area contributed by atoms with Gasteiger partial charge in [0.25, 0.3) is 5.56 Å². The summed E-state index contributed by atoms with van der Waals surface area (Å²) in [6.07, 6.45) is 1.13. The minimum atomic E-state index is -1.71. The van der Waals surface area contributed by atoms with E-state index in [-0.39, 0.29) is 12.3 Å².